The highest BCUT2D eigenvalue weighted by atomic mass is 16.5. The number of nitrogens with one attached hydrogen (secondary N) is 1. The Morgan fingerprint density at radius 3 is 3.08 bits per heavy atom. The number of hydrogen-bond acceptors (Lipinski definition) is 4. The van der Waals surface area contributed by atoms with Gasteiger partial charge in [0.15, 0.2) is 5.69 Å². The molecule has 1 atom stereocenters. The maximum absolute atomic E-state index is 12.4. The summed E-state index contributed by atoms with van der Waals surface area (Å²) in [6.07, 6.45) is 5.01. The third-order valence-electron chi connectivity index (χ3n) is 4.92. The van der Waals surface area contributed by atoms with Crippen LogP contribution in [0.1, 0.15) is 46.3 Å². The van der Waals surface area contributed by atoms with Crippen LogP contribution in [0.5, 0.6) is 0 Å². The molecule has 4 rings (SSSR count). The van der Waals surface area contributed by atoms with Gasteiger partial charge in [-0.1, -0.05) is 11.2 Å². The van der Waals surface area contributed by atoms with Crippen molar-refractivity contribution >= 4 is 16.8 Å². The molecule has 0 aliphatic heterocycles. The number of fused-ring (bicyclic) bond motifs is 2. The number of carbonyl (C=O) groups is 1. The number of carbonyl (C=O) groups excluding carboxylic acids is 1. The number of benzene rings is 1. The predicted octanol–water partition coefficient (Wildman–Crippen LogP) is 2.51. The first-order valence-corrected chi connectivity index (χ1v) is 8.62. The van der Waals surface area contributed by atoms with E-state index in [9.17, 15) is 9.90 Å². The van der Waals surface area contributed by atoms with Crippen molar-refractivity contribution in [3.05, 3.63) is 53.0 Å². The highest BCUT2D eigenvalue weighted by molar-refractivity contribution is 5.93. The van der Waals surface area contributed by atoms with E-state index >= 15 is 0 Å². The molecule has 2 heterocycles. The average molecular weight is 339 g/mol. The van der Waals surface area contributed by atoms with Gasteiger partial charge in [-0.3, -0.25) is 4.79 Å². The fraction of sp³-hybridized carbons (Fsp3) is 0.368. The van der Waals surface area contributed by atoms with E-state index in [1.165, 1.54) is 0 Å². The number of nitrogens with zero attached hydrogens (tertiary/aromatic N) is 2. The molecule has 6 nitrogen and oxygen atoms in total. The molecule has 0 unspecified atom stereocenters. The highest BCUT2D eigenvalue weighted by Gasteiger charge is 2.24. The highest BCUT2D eigenvalue weighted by Crippen LogP contribution is 2.24. The molecule has 0 fully saturated rings. The van der Waals surface area contributed by atoms with Gasteiger partial charge in [-0.25, -0.2) is 0 Å². The zero-order chi connectivity index (χ0) is 17.4. The fourth-order valence-electron chi connectivity index (χ4n) is 3.46. The number of aliphatic hydroxyl groups excluding tert-OH is 1. The summed E-state index contributed by atoms with van der Waals surface area (Å²) < 4.78 is 7.30. The van der Waals surface area contributed by atoms with Gasteiger partial charge in [0, 0.05) is 37.3 Å². The molecule has 0 spiro atoms. The van der Waals surface area contributed by atoms with Gasteiger partial charge in [0.25, 0.3) is 5.91 Å². The molecule has 2 aromatic heterocycles. The minimum Gasteiger partial charge on any atom is -0.387 e. The summed E-state index contributed by atoms with van der Waals surface area (Å²) in [6, 6.07) is 7.82. The molecule has 1 aromatic carbocycles. The molecule has 1 aliphatic rings. The summed E-state index contributed by atoms with van der Waals surface area (Å²) in [5.41, 5.74) is 3.17. The van der Waals surface area contributed by atoms with Crippen LogP contribution in [0.25, 0.3) is 10.9 Å². The molecule has 130 valence electrons. The van der Waals surface area contributed by atoms with E-state index in [2.05, 4.69) is 10.5 Å². The standard InChI is InChI=1S/C19H21N3O3/c1-22-9-8-12-10-13(6-7-15(12)22)16(23)11-20-19(24)18-14-4-2-3-5-17(14)25-21-18/h6-10,16,23H,2-5,11H2,1H3,(H,20,24)/t16-/m1/s1. The molecule has 0 saturated carbocycles. The predicted molar refractivity (Wildman–Crippen MR) is 93.4 cm³/mol. The summed E-state index contributed by atoms with van der Waals surface area (Å²) >= 11 is 0. The van der Waals surface area contributed by atoms with Gasteiger partial charge in [-0.05, 0) is 48.4 Å². The summed E-state index contributed by atoms with van der Waals surface area (Å²) in [5, 5.41) is 18.2. The topological polar surface area (TPSA) is 80.3 Å². The van der Waals surface area contributed by atoms with Crippen LogP contribution in [-0.2, 0) is 19.9 Å². The molecule has 25 heavy (non-hydrogen) atoms. The van der Waals surface area contributed by atoms with Crippen molar-refractivity contribution in [1.29, 1.82) is 0 Å². The van der Waals surface area contributed by atoms with Gasteiger partial charge in [-0.2, -0.15) is 0 Å². The molecule has 6 heteroatoms. The van der Waals surface area contributed by atoms with Crippen LogP contribution in [0.4, 0.5) is 0 Å². The van der Waals surface area contributed by atoms with E-state index < -0.39 is 6.10 Å². The Bertz CT molecular complexity index is 925. The van der Waals surface area contributed by atoms with E-state index in [0.717, 1.165) is 53.5 Å². The molecular weight excluding hydrogens is 318 g/mol. The maximum Gasteiger partial charge on any atom is 0.273 e. The van der Waals surface area contributed by atoms with Crippen LogP contribution in [0.2, 0.25) is 0 Å². The fourth-order valence-corrected chi connectivity index (χ4v) is 3.46. The largest absolute Gasteiger partial charge is 0.387 e. The van der Waals surface area contributed by atoms with Crippen LogP contribution in [-0.4, -0.2) is 27.3 Å². The quantitative estimate of drug-likeness (QED) is 0.765. The van der Waals surface area contributed by atoms with E-state index in [4.69, 9.17) is 4.52 Å². The number of aromatic nitrogens is 2. The lowest BCUT2D eigenvalue weighted by Gasteiger charge is -2.13. The molecular formula is C19H21N3O3. The van der Waals surface area contributed by atoms with Gasteiger partial charge < -0.3 is 19.5 Å². The SMILES string of the molecule is Cn1ccc2cc([C@H](O)CNC(=O)c3noc4c3CCCC4)ccc21. The lowest BCUT2D eigenvalue weighted by molar-refractivity contribution is 0.0906. The smallest absolute Gasteiger partial charge is 0.273 e. The van der Waals surface area contributed by atoms with Gasteiger partial charge in [0.2, 0.25) is 0 Å². The first-order chi connectivity index (χ1) is 12.1. The zero-order valence-corrected chi connectivity index (χ0v) is 14.2. The van der Waals surface area contributed by atoms with Gasteiger partial charge in [0.1, 0.15) is 5.76 Å². The Balaban J connectivity index is 1.44. The van der Waals surface area contributed by atoms with Gasteiger partial charge in [0.05, 0.1) is 6.10 Å². The number of aliphatic hydroxyl groups is 1. The average Bonchev–Trinajstić information content (AvgIpc) is 3.23. The molecule has 0 bridgehead atoms. The van der Waals surface area contributed by atoms with Crippen molar-refractivity contribution in [2.24, 2.45) is 7.05 Å². The van der Waals surface area contributed by atoms with Crippen molar-refractivity contribution in [2.75, 3.05) is 6.54 Å². The van der Waals surface area contributed by atoms with E-state index in [1.54, 1.807) is 0 Å². The summed E-state index contributed by atoms with van der Waals surface area (Å²) in [7, 11) is 1.98. The third-order valence-corrected chi connectivity index (χ3v) is 4.92. The zero-order valence-electron chi connectivity index (χ0n) is 14.2. The molecule has 2 N–H and O–H groups in total. The summed E-state index contributed by atoms with van der Waals surface area (Å²) in [6.45, 7) is 0.138. The molecule has 1 aliphatic carbocycles. The second kappa shape index (κ2) is 6.37. The maximum atomic E-state index is 12.4. The Kier molecular flexibility index (Phi) is 4.05. The molecule has 1 amide bonds. The number of hydrogen-bond donors (Lipinski definition) is 2. The summed E-state index contributed by atoms with van der Waals surface area (Å²) in [5.74, 6) is 0.540. The minimum atomic E-state index is -0.767. The van der Waals surface area contributed by atoms with Gasteiger partial charge in [-0.15, -0.1) is 0 Å². The molecule has 0 saturated heterocycles. The third kappa shape index (κ3) is 2.93. The lowest BCUT2D eigenvalue weighted by Crippen LogP contribution is -2.29. The van der Waals surface area contributed by atoms with Crippen molar-refractivity contribution in [3.8, 4) is 0 Å². The monoisotopic (exact) mass is 339 g/mol. The van der Waals surface area contributed by atoms with E-state index in [0.29, 0.717) is 5.69 Å². The second-order valence-electron chi connectivity index (χ2n) is 6.61. The van der Waals surface area contributed by atoms with Crippen molar-refractivity contribution in [2.45, 2.75) is 31.8 Å². The number of amides is 1. The van der Waals surface area contributed by atoms with E-state index in [-0.39, 0.29) is 12.5 Å². The molecule has 0 radical (unpaired) electrons. The second-order valence-corrected chi connectivity index (χ2v) is 6.61. The Morgan fingerprint density at radius 1 is 1.36 bits per heavy atom. The minimum absolute atomic E-state index is 0.138. The normalized spacial score (nSPS) is 15.1. The Labute approximate surface area is 145 Å². The first kappa shape index (κ1) is 15.9. The van der Waals surface area contributed by atoms with Crippen LogP contribution < -0.4 is 5.32 Å². The van der Waals surface area contributed by atoms with Crippen LogP contribution in [0.15, 0.2) is 35.0 Å². The van der Waals surface area contributed by atoms with Crippen molar-refractivity contribution < 1.29 is 14.4 Å². The van der Waals surface area contributed by atoms with Crippen molar-refractivity contribution in [1.82, 2.24) is 15.0 Å². The lowest BCUT2D eigenvalue weighted by atomic mass is 9.96. The van der Waals surface area contributed by atoms with Crippen LogP contribution in [0.3, 0.4) is 0 Å². The van der Waals surface area contributed by atoms with Crippen molar-refractivity contribution in [3.63, 3.8) is 0 Å². The summed E-state index contributed by atoms with van der Waals surface area (Å²) in [4.78, 5) is 12.4. The van der Waals surface area contributed by atoms with Gasteiger partial charge >= 0.3 is 0 Å². The van der Waals surface area contributed by atoms with E-state index in [1.807, 2.05) is 42.1 Å². The first-order valence-electron chi connectivity index (χ1n) is 8.62. The Hall–Kier alpha value is -2.60. The Morgan fingerprint density at radius 2 is 2.20 bits per heavy atom. The molecule has 3 aromatic rings. The number of aryl methyl sites for hydroxylation is 2. The van der Waals surface area contributed by atoms with Crippen LogP contribution >= 0.6 is 0 Å². The number of rotatable bonds is 4. The van der Waals surface area contributed by atoms with Crippen LogP contribution in [0, 0.1) is 0 Å².